The lowest BCUT2D eigenvalue weighted by Crippen LogP contribution is -2.48. The third kappa shape index (κ3) is 2.77. The van der Waals surface area contributed by atoms with Crippen LogP contribution in [0.4, 0.5) is 5.69 Å². The number of hydrogen-bond donors (Lipinski definition) is 2. The van der Waals surface area contributed by atoms with Crippen LogP contribution in [0.3, 0.4) is 0 Å². The zero-order chi connectivity index (χ0) is 14.9. The van der Waals surface area contributed by atoms with Gasteiger partial charge in [-0.3, -0.25) is 4.79 Å². The predicted molar refractivity (Wildman–Crippen MR) is 80.6 cm³/mol. The van der Waals surface area contributed by atoms with Crippen molar-refractivity contribution in [1.82, 2.24) is 20.1 Å². The Hall–Kier alpha value is -1.92. The first-order chi connectivity index (χ1) is 10.1. The van der Waals surface area contributed by atoms with Crippen LogP contribution in [-0.4, -0.2) is 32.8 Å². The van der Waals surface area contributed by atoms with Crippen LogP contribution in [0.5, 0.6) is 0 Å². The summed E-state index contributed by atoms with van der Waals surface area (Å²) in [5, 5.41) is 10.8. The van der Waals surface area contributed by atoms with Crippen molar-refractivity contribution in [2.75, 3.05) is 11.9 Å². The average molecular weight is 306 g/mol. The highest BCUT2D eigenvalue weighted by atomic mass is 35.5. The Morgan fingerprint density at radius 3 is 3.05 bits per heavy atom. The van der Waals surface area contributed by atoms with E-state index in [2.05, 4.69) is 20.7 Å². The summed E-state index contributed by atoms with van der Waals surface area (Å²) in [6, 6.07) is 5.27. The van der Waals surface area contributed by atoms with Gasteiger partial charge in [0.25, 0.3) is 0 Å². The molecule has 1 amide bonds. The van der Waals surface area contributed by atoms with Gasteiger partial charge >= 0.3 is 0 Å². The summed E-state index contributed by atoms with van der Waals surface area (Å²) in [5.74, 6) is -0.0661. The quantitative estimate of drug-likeness (QED) is 0.910. The maximum absolute atomic E-state index is 12.5. The van der Waals surface area contributed by atoms with E-state index in [4.69, 9.17) is 11.6 Å². The third-order valence-electron chi connectivity index (χ3n) is 3.74. The van der Waals surface area contributed by atoms with Gasteiger partial charge in [0.15, 0.2) is 0 Å². The van der Waals surface area contributed by atoms with E-state index in [1.54, 1.807) is 29.2 Å². The number of aromatic nitrogens is 3. The number of anilines is 1. The molecular formula is C14H16ClN5O. The maximum Gasteiger partial charge on any atom is 0.244 e. The van der Waals surface area contributed by atoms with Gasteiger partial charge in [-0.15, -0.1) is 0 Å². The number of amides is 1. The Morgan fingerprint density at radius 2 is 2.38 bits per heavy atom. The lowest BCUT2D eigenvalue weighted by molar-refractivity contribution is -0.121. The Balaban J connectivity index is 1.91. The van der Waals surface area contributed by atoms with Gasteiger partial charge in [0, 0.05) is 5.02 Å². The molecule has 2 N–H and O–H groups in total. The van der Waals surface area contributed by atoms with E-state index in [9.17, 15) is 4.79 Å². The fourth-order valence-corrected chi connectivity index (χ4v) is 2.66. The molecular weight excluding hydrogens is 290 g/mol. The number of rotatable bonds is 3. The summed E-state index contributed by atoms with van der Waals surface area (Å²) in [6.07, 6.45) is 4.84. The number of nitrogens with zero attached hydrogens (tertiary/aromatic N) is 3. The van der Waals surface area contributed by atoms with E-state index in [0.29, 0.717) is 10.7 Å². The number of benzene rings is 1. The molecule has 1 aromatic heterocycles. The van der Waals surface area contributed by atoms with Crippen LogP contribution in [-0.2, 0) is 4.79 Å². The molecule has 0 radical (unpaired) electrons. The van der Waals surface area contributed by atoms with Crippen LogP contribution in [0.25, 0.3) is 5.69 Å². The van der Waals surface area contributed by atoms with E-state index < -0.39 is 5.54 Å². The summed E-state index contributed by atoms with van der Waals surface area (Å²) in [5.41, 5.74) is 0.807. The van der Waals surface area contributed by atoms with Crippen LogP contribution >= 0.6 is 11.6 Å². The van der Waals surface area contributed by atoms with E-state index in [-0.39, 0.29) is 5.91 Å². The number of carbonyl (C=O) groups excluding carboxylic acids is 1. The highest BCUT2D eigenvalue weighted by molar-refractivity contribution is 6.31. The SMILES string of the molecule is CC1(C(=O)Nc2cc(Cl)ccc2-n2cncn2)CCCN1. The van der Waals surface area contributed by atoms with Gasteiger partial charge in [-0.2, -0.15) is 5.10 Å². The van der Waals surface area contributed by atoms with Crippen molar-refractivity contribution in [3.63, 3.8) is 0 Å². The number of nitrogens with one attached hydrogen (secondary N) is 2. The van der Waals surface area contributed by atoms with E-state index in [1.165, 1.54) is 6.33 Å². The van der Waals surface area contributed by atoms with Crippen molar-refractivity contribution in [1.29, 1.82) is 0 Å². The molecule has 2 aromatic rings. The van der Waals surface area contributed by atoms with E-state index in [0.717, 1.165) is 25.1 Å². The zero-order valence-corrected chi connectivity index (χ0v) is 12.4. The monoisotopic (exact) mass is 305 g/mol. The van der Waals surface area contributed by atoms with Crippen LogP contribution < -0.4 is 10.6 Å². The third-order valence-corrected chi connectivity index (χ3v) is 3.98. The van der Waals surface area contributed by atoms with Crippen molar-refractivity contribution in [3.05, 3.63) is 35.9 Å². The van der Waals surface area contributed by atoms with Gasteiger partial charge < -0.3 is 10.6 Å². The molecule has 1 atom stereocenters. The lowest BCUT2D eigenvalue weighted by Gasteiger charge is -2.24. The van der Waals surface area contributed by atoms with Crippen molar-refractivity contribution < 1.29 is 4.79 Å². The highest BCUT2D eigenvalue weighted by Crippen LogP contribution is 2.26. The summed E-state index contributed by atoms with van der Waals surface area (Å²) < 4.78 is 1.59. The standard InChI is InChI=1S/C14H16ClN5O/c1-14(5-2-6-17-14)13(21)19-11-7-10(15)3-4-12(11)20-9-16-8-18-20/h3-4,7-9,17H,2,5-6H2,1H3,(H,19,21). The molecule has 1 saturated heterocycles. The minimum absolute atomic E-state index is 0.0661. The van der Waals surface area contributed by atoms with Crippen molar-refractivity contribution in [2.45, 2.75) is 25.3 Å². The molecule has 0 aliphatic carbocycles. The van der Waals surface area contributed by atoms with Gasteiger partial charge in [-0.05, 0) is 44.5 Å². The number of halogens is 1. The molecule has 1 aliphatic rings. The smallest absolute Gasteiger partial charge is 0.244 e. The Morgan fingerprint density at radius 1 is 1.52 bits per heavy atom. The molecule has 21 heavy (non-hydrogen) atoms. The lowest BCUT2D eigenvalue weighted by atomic mass is 9.99. The number of carbonyl (C=O) groups is 1. The highest BCUT2D eigenvalue weighted by Gasteiger charge is 2.36. The molecule has 6 nitrogen and oxygen atoms in total. The molecule has 110 valence electrons. The second kappa shape index (κ2) is 5.46. The minimum atomic E-state index is -0.540. The minimum Gasteiger partial charge on any atom is -0.323 e. The Labute approximate surface area is 127 Å². The molecule has 0 bridgehead atoms. The first kappa shape index (κ1) is 14.0. The van der Waals surface area contributed by atoms with Crippen molar-refractivity contribution >= 4 is 23.2 Å². The molecule has 7 heteroatoms. The molecule has 2 heterocycles. The molecule has 1 aliphatic heterocycles. The van der Waals surface area contributed by atoms with E-state index >= 15 is 0 Å². The van der Waals surface area contributed by atoms with Gasteiger partial charge in [0.2, 0.25) is 5.91 Å². The zero-order valence-electron chi connectivity index (χ0n) is 11.6. The molecule has 0 saturated carbocycles. The first-order valence-corrected chi connectivity index (χ1v) is 7.17. The molecule has 1 unspecified atom stereocenters. The summed E-state index contributed by atoms with van der Waals surface area (Å²) in [4.78, 5) is 16.4. The Kier molecular flexibility index (Phi) is 3.65. The van der Waals surface area contributed by atoms with Gasteiger partial charge in [0.1, 0.15) is 12.7 Å². The van der Waals surface area contributed by atoms with Gasteiger partial charge in [-0.25, -0.2) is 9.67 Å². The molecule has 1 aromatic carbocycles. The molecule has 0 spiro atoms. The molecule has 3 rings (SSSR count). The predicted octanol–water partition coefficient (Wildman–Crippen LogP) is 2.00. The second-order valence-electron chi connectivity index (χ2n) is 5.32. The fraction of sp³-hybridized carbons (Fsp3) is 0.357. The Bertz CT molecular complexity index is 649. The number of hydrogen-bond acceptors (Lipinski definition) is 4. The largest absolute Gasteiger partial charge is 0.323 e. The van der Waals surface area contributed by atoms with Gasteiger partial charge in [0.05, 0.1) is 16.9 Å². The van der Waals surface area contributed by atoms with Gasteiger partial charge in [-0.1, -0.05) is 11.6 Å². The van der Waals surface area contributed by atoms with Crippen LogP contribution in [0.15, 0.2) is 30.9 Å². The molecule has 1 fully saturated rings. The first-order valence-electron chi connectivity index (χ1n) is 6.79. The summed E-state index contributed by atoms with van der Waals surface area (Å²) in [7, 11) is 0. The van der Waals surface area contributed by atoms with Crippen molar-refractivity contribution in [3.8, 4) is 5.69 Å². The normalized spacial score (nSPS) is 21.4. The second-order valence-corrected chi connectivity index (χ2v) is 5.75. The average Bonchev–Trinajstić information content (AvgIpc) is 3.11. The maximum atomic E-state index is 12.5. The summed E-state index contributed by atoms with van der Waals surface area (Å²) >= 11 is 6.04. The van der Waals surface area contributed by atoms with Crippen LogP contribution in [0, 0.1) is 0 Å². The summed E-state index contributed by atoms with van der Waals surface area (Å²) in [6.45, 7) is 2.77. The van der Waals surface area contributed by atoms with Crippen LogP contribution in [0.1, 0.15) is 19.8 Å². The van der Waals surface area contributed by atoms with E-state index in [1.807, 2.05) is 6.92 Å². The van der Waals surface area contributed by atoms with Crippen LogP contribution in [0.2, 0.25) is 5.02 Å². The fourth-order valence-electron chi connectivity index (χ4n) is 2.49. The topological polar surface area (TPSA) is 71.8 Å². The van der Waals surface area contributed by atoms with Crippen molar-refractivity contribution in [2.24, 2.45) is 0 Å².